The van der Waals surface area contributed by atoms with E-state index in [4.69, 9.17) is 10.5 Å². The van der Waals surface area contributed by atoms with Gasteiger partial charge in [0.1, 0.15) is 0 Å². The molecule has 0 aromatic carbocycles. The van der Waals surface area contributed by atoms with Crippen LogP contribution >= 0.6 is 0 Å². The van der Waals surface area contributed by atoms with Gasteiger partial charge in [0, 0.05) is 12.6 Å². The minimum atomic E-state index is -0.214. The van der Waals surface area contributed by atoms with Crippen LogP contribution in [0.5, 0.6) is 0 Å². The molecule has 0 aromatic heterocycles. The minimum Gasteiger partial charge on any atom is -0.376 e. The van der Waals surface area contributed by atoms with Gasteiger partial charge in [-0.25, -0.2) is 0 Å². The molecule has 0 bridgehead atoms. The highest BCUT2D eigenvalue weighted by Crippen LogP contribution is 2.28. The van der Waals surface area contributed by atoms with Crippen molar-refractivity contribution >= 4 is 5.91 Å². The second-order valence-corrected chi connectivity index (χ2v) is 5.72. The zero-order valence-electron chi connectivity index (χ0n) is 10.9. The summed E-state index contributed by atoms with van der Waals surface area (Å²) in [6, 6.07) is 0.0324. The number of hydrogen-bond acceptors (Lipinski definition) is 3. The summed E-state index contributed by atoms with van der Waals surface area (Å²) in [4.78, 5) is 12.3. The van der Waals surface area contributed by atoms with Gasteiger partial charge in [0.05, 0.1) is 17.6 Å². The molecule has 0 aromatic rings. The molecule has 4 unspecified atom stereocenters. The highest BCUT2D eigenvalue weighted by molar-refractivity contribution is 5.80. The zero-order chi connectivity index (χ0) is 12.5. The van der Waals surface area contributed by atoms with Crippen molar-refractivity contribution in [1.29, 1.82) is 0 Å². The lowest BCUT2D eigenvalue weighted by Gasteiger charge is -2.34. The summed E-state index contributed by atoms with van der Waals surface area (Å²) in [6.45, 7) is 4.82. The molecule has 4 heteroatoms. The van der Waals surface area contributed by atoms with Crippen molar-refractivity contribution in [2.24, 2.45) is 11.7 Å². The van der Waals surface area contributed by atoms with Crippen molar-refractivity contribution in [3.63, 3.8) is 0 Å². The predicted molar refractivity (Wildman–Crippen MR) is 66.5 cm³/mol. The van der Waals surface area contributed by atoms with Gasteiger partial charge in [-0.15, -0.1) is 0 Å². The molecule has 0 spiro atoms. The topological polar surface area (TPSA) is 64.3 Å². The standard InChI is InChI=1S/C13H24N2O2/c1-9-13(2,7-8-17-9)15-12(16)10-5-3-4-6-11(10)14/h9-11H,3-8,14H2,1-2H3,(H,15,16). The fourth-order valence-electron chi connectivity index (χ4n) is 2.86. The molecule has 2 fully saturated rings. The molecular weight excluding hydrogens is 216 g/mol. The first-order valence-electron chi connectivity index (χ1n) is 6.72. The Morgan fingerprint density at radius 3 is 2.71 bits per heavy atom. The van der Waals surface area contributed by atoms with Gasteiger partial charge in [-0.3, -0.25) is 4.79 Å². The number of ether oxygens (including phenoxy) is 1. The van der Waals surface area contributed by atoms with Crippen LogP contribution in [0, 0.1) is 5.92 Å². The molecule has 2 aliphatic rings. The van der Waals surface area contributed by atoms with Crippen molar-refractivity contribution in [3.05, 3.63) is 0 Å². The molecular formula is C13H24N2O2. The minimum absolute atomic E-state index is 0.00613. The molecule has 0 radical (unpaired) electrons. The average molecular weight is 240 g/mol. The van der Waals surface area contributed by atoms with Gasteiger partial charge in [-0.05, 0) is 33.1 Å². The normalized spacial score (nSPS) is 42.4. The highest BCUT2D eigenvalue weighted by atomic mass is 16.5. The van der Waals surface area contributed by atoms with E-state index in [0.717, 1.165) is 38.7 Å². The van der Waals surface area contributed by atoms with Crippen molar-refractivity contribution in [1.82, 2.24) is 5.32 Å². The van der Waals surface area contributed by atoms with Crippen molar-refractivity contribution < 1.29 is 9.53 Å². The second-order valence-electron chi connectivity index (χ2n) is 5.72. The lowest BCUT2D eigenvalue weighted by atomic mass is 9.83. The quantitative estimate of drug-likeness (QED) is 0.762. The SMILES string of the molecule is CC1OCCC1(C)NC(=O)C1CCCCC1N. The van der Waals surface area contributed by atoms with Crippen LogP contribution in [0.2, 0.25) is 0 Å². The molecule has 3 N–H and O–H groups in total. The largest absolute Gasteiger partial charge is 0.376 e. The maximum Gasteiger partial charge on any atom is 0.225 e. The lowest BCUT2D eigenvalue weighted by Crippen LogP contribution is -2.55. The number of nitrogens with one attached hydrogen (secondary N) is 1. The fraction of sp³-hybridized carbons (Fsp3) is 0.923. The number of rotatable bonds is 2. The van der Waals surface area contributed by atoms with Gasteiger partial charge >= 0.3 is 0 Å². The van der Waals surface area contributed by atoms with Crippen LogP contribution < -0.4 is 11.1 Å². The summed E-state index contributed by atoms with van der Waals surface area (Å²) >= 11 is 0. The van der Waals surface area contributed by atoms with Gasteiger partial charge < -0.3 is 15.8 Å². The molecule has 4 nitrogen and oxygen atoms in total. The summed E-state index contributed by atoms with van der Waals surface area (Å²) in [5.41, 5.74) is 5.83. The fourth-order valence-corrected chi connectivity index (χ4v) is 2.86. The Kier molecular flexibility index (Phi) is 3.73. The number of carbonyl (C=O) groups is 1. The van der Waals surface area contributed by atoms with Crippen LogP contribution in [-0.2, 0) is 9.53 Å². The second kappa shape index (κ2) is 4.94. The molecule has 1 aliphatic heterocycles. The van der Waals surface area contributed by atoms with Crippen LogP contribution in [0.4, 0.5) is 0 Å². The summed E-state index contributed by atoms with van der Waals surface area (Å²) in [7, 11) is 0. The Morgan fingerprint density at radius 1 is 1.41 bits per heavy atom. The third kappa shape index (κ3) is 2.63. The molecule has 1 aliphatic carbocycles. The van der Waals surface area contributed by atoms with Crippen LogP contribution in [-0.4, -0.2) is 30.2 Å². The number of hydrogen-bond donors (Lipinski definition) is 2. The van der Waals surface area contributed by atoms with E-state index in [9.17, 15) is 4.79 Å². The van der Waals surface area contributed by atoms with E-state index in [1.165, 1.54) is 0 Å². The van der Waals surface area contributed by atoms with Gasteiger partial charge in [-0.1, -0.05) is 12.8 Å². The van der Waals surface area contributed by atoms with E-state index in [2.05, 4.69) is 12.2 Å². The van der Waals surface area contributed by atoms with Gasteiger partial charge in [0.25, 0.3) is 0 Å². The Labute approximate surface area is 103 Å². The molecule has 1 saturated carbocycles. The maximum absolute atomic E-state index is 12.3. The Morgan fingerprint density at radius 2 is 2.12 bits per heavy atom. The smallest absolute Gasteiger partial charge is 0.225 e. The predicted octanol–water partition coefficient (Wildman–Crippen LogP) is 1.19. The van der Waals surface area contributed by atoms with E-state index in [1.54, 1.807) is 0 Å². The summed E-state index contributed by atoms with van der Waals surface area (Å²) < 4.78 is 5.54. The van der Waals surface area contributed by atoms with Crippen LogP contribution in [0.1, 0.15) is 46.0 Å². The van der Waals surface area contributed by atoms with E-state index in [-0.39, 0.29) is 29.5 Å². The Bertz CT molecular complexity index is 295. The van der Waals surface area contributed by atoms with Gasteiger partial charge in [0.15, 0.2) is 0 Å². The van der Waals surface area contributed by atoms with E-state index in [1.807, 2.05) is 6.92 Å². The molecule has 1 amide bonds. The van der Waals surface area contributed by atoms with Gasteiger partial charge in [0.2, 0.25) is 5.91 Å². The van der Waals surface area contributed by atoms with E-state index < -0.39 is 0 Å². The van der Waals surface area contributed by atoms with Crippen molar-refractivity contribution in [2.45, 2.75) is 63.6 Å². The summed E-state index contributed by atoms with van der Waals surface area (Å²) in [5.74, 6) is 0.116. The number of nitrogens with two attached hydrogens (primary N) is 1. The van der Waals surface area contributed by atoms with Crippen LogP contribution in [0.3, 0.4) is 0 Å². The average Bonchev–Trinajstić information content (AvgIpc) is 2.59. The zero-order valence-corrected chi connectivity index (χ0v) is 10.9. The third-order valence-electron chi connectivity index (χ3n) is 4.45. The molecule has 4 atom stereocenters. The number of carbonyl (C=O) groups excluding carboxylic acids is 1. The molecule has 2 rings (SSSR count). The lowest BCUT2D eigenvalue weighted by molar-refractivity contribution is -0.128. The maximum atomic E-state index is 12.3. The monoisotopic (exact) mass is 240 g/mol. The number of amides is 1. The highest BCUT2D eigenvalue weighted by Gasteiger charge is 2.40. The van der Waals surface area contributed by atoms with Gasteiger partial charge in [-0.2, -0.15) is 0 Å². The van der Waals surface area contributed by atoms with Crippen molar-refractivity contribution in [2.75, 3.05) is 6.61 Å². The first-order valence-corrected chi connectivity index (χ1v) is 6.72. The first-order chi connectivity index (χ1) is 8.03. The molecule has 1 saturated heterocycles. The van der Waals surface area contributed by atoms with E-state index in [0.29, 0.717) is 0 Å². The van der Waals surface area contributed by atoms with E-state index >= 15 is 0 Å². The molecule has 1 heterocycles. The Hall–Kier alpha value is -0.610. The summed E-state index contributed by atoms with van der Waals surface area (Å²) in [6.07, 6.45) is 5.16. The molecule has 98 valence electrons. The molecule has 17 heavy (non-hydrogen) atoms. The van der Waals surface area contributed by atoms with Crippen molar-refractivity contribution in [3.8, 4) is 0 Å². The third-order valence-corrected chi connectivity index (χ3v) is 4.45. The van der Waals surface area contributed by atoms with Crippen LogP contribution in [0.15, 0.2) is 0 Å². The van der Waals surface area contributed by atoms with Crippen LogP contribution in [0.25, 0.3) is 0 Å². The Balaban J connectivity index is 1.96. The summed E-state index contributed by atoms with van der Waals surface area (Å²) in [5, 5.41) is 3.16. The first kappa shape index (κ1) is 12.8.